The van der Waals surface area contributed by atoms with Crippen molar-refractivity contribution in [3.8, 4) is 23.3 Å². The Morgan fingerprint density at radius 1 is 1.07 bits per heavy atom. The monoisotopic (exact) mass is 402 g/mol. The number of halogens is 1. The fourth-order valence-electron chi connectivity index (χ4n) is 3.35. The molecular formula is C24H19FN2O3. The second-order valence-electron chi connectivity index (χ2n) is 7.09. The molecule has 150 valence electrons. The van der Waals surface area contributed by atoms with Gasteiger partial charge in [0.25, 0.3) is 0 Å². The highest BCUT2D eigenvalue weighted by atomic mass is 19.1. The van der Waals surface area contributed by atoms with Crippen LogP contribution in [0.5, 0.6) is 17.2 Å². The zero-order valence-corrected chi connectivity index (χ0v) is 16.3. The van der Waals surface area contributed by atoms with Crippen molar-refractivity contribution < 1.29 is 18.7 Å². The molecule has 1 aliphatic rings. The van der Waals surface area contributed by atoms with Crippen LogP contribution in [0.2, 0.25) is 0 Å². The zero-order valence-electron chi connectivity index (χ0n) is 16.3. The molecule has 2 unspecified atom stereocenters. The van der Waals surface area contributed by atoms with Gasteiger partial charge in [-0.1, -0.05) is 12.1 Å². The van der Waals surface area contributed by atoms with Crippen molar-refractivity contribution in [3.63, 3.8) is 0 Å². The smallest absolute Gasteiger partial charge is 0.228 e. The Morgan fingerprint density at radius 2 is 1.80 bits per heavy atom. The molecule has 0 radical (unpaired) electrons. The fourth-order valence-corrected chi connectivity index (χ4v) is 3.35. The van der Waals surface area contributed by atoms with Gasteiger partial charge < -0.3 is 14.8 Å². The van der Waals surface area contributed by atoms with Crippen LogP contribution in [0.3, 0.4) is 0 Å². The van der Waals surface area contributed by atoms with E-state index in [1.165, 1.54) is 19.2 Å². The summed E-state index contributed by atoms with van der Waals surface area (Å²) in [4.78, 5) is 12.5. The Hall–Kier alpha value is -3.85. The number of anilines is 1. The second kappa shape index (κ2) is 8.26. The van der Waals surface area contributed by atoms with Crippen molar-refractivity contribution in [2.75, 3.05) is 12.4 Å². The predicted octanol–water partition coefficient (Wildman–Crippen LogP) is 5.24. The maximum atomic E-state index is 13.1. The number of amides is 1. The van der Waals surface area contributed by atoms with Gasteiger partial charge in [-0.2, -0.15) is 5.26 Å². The minimum absolute atomic E-state index is 0.0493. The minimum Gasteiger partial charge on any atom is -0.493 e. The highest BCUT2D eigenvalue weighted by Gasteiger charge is 2.43. The summed E-state index contributed by atoms with van der Waals surface area (Å²) < 4.78 is 24.1. The number of carbonyl (C=O) groups excluding carboxylic acids is 1. The van der Waals surface area contributed by atoms with E-state index in [0.29, 0.717) is 28.5 Å². The molecule has 0 saturated heterocycles. The van der Waals surface area contributed by atoms with E-state index in [2.05, 4.69) is 11.4 Å². The Balaban J connectivity index is 1.37. The first-order chi connectivity index (χ1) is 14.6. The maximum Gasteiger partial charge on any atom is 0.228 e. The largest absolute Gasteiger partial charge is 0.493 e. The molecular weight excluding hydrogens is 383 g/mol. The summed E-state index contributed by atoms with van der Waals surface area (Å²) in [6, 6.07) is 20.3. The number of nitrogens with zero attached hydrogens (tertiary/aromatic N) is 1. The number of nitrogens with one attached hydrogen (secondary N) is 1. The number of methoxy groups -OCH3 is 1. The second-order valence-corrected chi connectivity index (χ2v) is 7.09. The van der Waals surface area contributed by atoms with Gasteiger partial charge in [0, 0.05) is 17.7 Å². The lowest BCUT2D eigenvalue weighted by Gasteiger charge is -2.11. The molecule has 1 amide bonds. The van der Waals surface area contributed by atoms with Gasteiger partial charge in [0.15, 0.2) is 11.5 Å². The number of benzene rings is 3. The van der Waals surface area contributed by atoms with Gasteiger partial charge in [-0.15, -0.1) is 0 Å². The van der Waals surface area contributed by atoms with Crippen molar-refractivity contribution >= 4 is 11.6 Å². The maximum absolute atomic E-state index is 13.1. The molecule has 3 aromatic rings. The molecule has 1 N–H and O–H groups in total. The molecule has 4 rings (SSSR count). The normalized spacial score (nSPS) is 17.0. The molecule has 3 aromatic carbocycles. The van der Waals surface area contributed by atoms with E-state index in [-0.39, 0.29) is 23.6 Å². The molecule has 0 bridgehead atoms. The molecule has 5 nitrogen and oxygen atoms in total. The van der Waals surface area contributed by atoms with Crippen LogP contribution in [0.25, 0.3) is 0 Å². The van der Waals surface area contributed by atoms with Gasteiger partial charge in [0.1, 0.15) is 11.6 Å². The van der Waals surface area contributed by atoms with Gasteiger partial charge in [-0.25, -0.2) is 4.39 Å². The van der Waals surface area contributed by atoms with E-state index in [1.54, 1.807) is 54.6 Å². The molecule has 0 heterocycles. The Labute approximate surface area is 173 Å². The Bertz CT molecular complexity index is 1100. The number of hydrogen-bond donors (Lipinski definition) is 1. The number of rotatable bonds is 6. The average molecular weight is 402 g/mol. The first kappa shape index (κ1) is 19.5. The fraction of sp³-hybridized carbons (Fsp3) is 0.167. The van der Waals surface area contributed by atoms with Crippen LogP contribution in [0.1, 0.15) is 23.5 Å². The molecule has 0 aromatic heterocycles. The number of ether oxygens (including phenoxy) is 2. The van der Waals surface area contributed by atoms with Crippen LogP contribution >= 0.6 is 0 Å². The molecule has 2 atom stereocenters. The first-order valence-corrected chi connectivity index (χ1v) is 9.50. The number of hydrogen-bond acceptors (Lipinski definition) is 4. The van der Waals surface area contributed by atoms with Gasteiger partial charge in [0.2, 0.25) is 5.91 Å². The molecule has 1 aliphatic carbocycles. The number of nitriles is 1. The third-order valence-corrected chi connectivity index (χ3v) is 5.07. The average Bonchev–Trinajstić information content (AvgIpc) is 3.57. The Kier molecular flexibility index (Phi) is 5.36. The van der Waals surface area contributed by atoms with Crippen molar-refractivity contribution in [1.82, 2.24) is 0 Å². The summed E-state index contributed by atoms with van der Waals surface area (Å²) in [7, 11) is 1.51. The summed E-state index contributed by atoms with van der Waals surface area (Å²) in [6.07, 6.45) is 0.761. The predicted molar refractivity (Wildman–Crippen MR) is 110 cm³/mol. The topological polar surface area (TPSA) is 71.3 Å². The van der Waals surface area contributed by atoms with Crippen molar-refractivity contribution in [2.45, 2.75) is 12.3 Å². The molecule has 0 spiro atoms. The lowest BCUT2D eigenvalue weighted by molar-refractivity contribution is -0.117. The van der Waals surface area contributed by atoms with Crippen LogP contribution in [-0.2, 0) is 4.79 Å². The summed E-state index contributed by atoms with van der Waals surface area (Å²) in [5.41, 5.74) is 2.14. The van der Waals surface area contributed by atoms with E-state index < -0.39 is 0 Å². The van der Waals surface area contributed by atoms with Crippen LogP contribution in [-0.4, -0.2) is 13.0 Å². The van der Waals surface area contributed by atoms with Crippen molar-refractivity contribution in [3.05, 3.63) is 83.7 Å². The van der Waals surface area contributed by atoms with Crippen molar-refractivity contribution in [1.29, 1.82) is 5.26 Å². The zero-order chi connectivity index (χ0) is 21.1. The molecule has 1 fully saturated rings. The van der Waals surface area contributed by atoms with Crippen molar-refractivity contribution in [2.24, 2.45) is 5.92 Å². The first-order valence-electron chi connectivity index (χ1n) is 9.50. The lowest BCUT2D eigenvalue weighted by Crippen LogP contribution is -2.14. The van der Waals surface area contributed by atoms with Crippen LogP contribution in [0.15, 0.2) is 66.7 Å². The van der Waals surface area contributed by atoms with Crippen LogP contribution in [0.4, 0.5) is 10.1 Å². The summed E-state index contributed by atoms with van der Waals surface area (Å²) in [5.74, 6) is 1.24. The molecule has 1 saturated carbocycles. The third-order valence-electron chi connectivity index (χ3n) is 5.07. The van der Waals surface area contributed by atoms with E-state index in [0.717, 1.165) is 12.0 Å². The minimum atomic E-state index is -0.277. The van der Waals surface area contributed by atoms with Crippen LogP contribution < -0.4 is 14.8 Å². The lowest BCUT2D eigenvalue weighted by atomic mass is 10.1. The van der Waals surface area contributed by atoms with E-state index >= 15 is 0 Å². The highest BCUT2D eigenvalue weighted by Crippen LogP contribution is 2.48. The van der Waals surface area contributed by atoms with E-state index in [4.69, 9.17) is 14.7 Å². The summed E-state index contributed by atoms with van der Waals surface area (Å²) in [6.45, 7) is 0. The third kappa shape index (κ3) is 4.26. The molecule has 6 heteroatoms. The summed E-state index contributed by atoms with van der Waals surface area (Å²) in [5, 5.41) is 11.9. The number of carbonyl (C=O) groups is 1. The molecule has 0 aliphatic heterocycles. The van der Waals surface area contributed by atoms with Crippen LogP contribution in [0, 0.1) is 23.1 Å². The van der Waals surface area contributed by atoms with Gasteiger partial charge in [-0.05, 0) is 66.4 Å². The SMILES string of the molecule is COc1cc(C#N)ccc1Oc1ccc(NC(=O)C2CC2c2ccc(F)cc2)cc1. The van der Waals surface area contributed by atoms with E-state index in [1.807, 2.05) is 0 Å². The summed E-state index contributed by atoms with van der Waals surface area (Å²) >= 11 is 0. The van der Waals surface area contributed by atoms with E-state index in [9.17, 15) is 9.18 Å². The van der Waals surface area contributed by atoms with Gasteiger partial charge >= 0.3 is 0 Å². The highest BCUT2D eigenvalue weighted by molar-refractivity contribution is 5.95. The molecule has 30 heavy (non-hydrogen) atoms. The van der Waals surface area contributed by atoms with Gasteiger partial charge in [0.05, 0.1) is 18.7 Å². The Morgan fingerprint density at radius 3 is 2.47 bits per heavy atom. The standard InChI is InChI=1S/C24H19FN2O3/c1-29-23-12-15(14-26)2-11-22(23)30-19-9-7-18(8-10-19)27-24(28)21-13-20(21)16-3-5-17(25)6-4-16/h2-12,20-21H,13H2,1H3,(H,27,28). The quantitative estimate of drug-likeness (QED) is 0.612. The van der Waals surface area contributed by atoms with Gasteiger partial charge in [-0.3, -0.25) is 4.79 Å².